The van der Waals surface area contributed by atoms with Gasteiger partial charge in [0.15, 0.2) is 0 Å². The zero-order valence-corrected chi connectivity index (χ0v) is 9.05. The lowest BCUT2D eigenvalue weighted by molar-refractivity contribution is 0.505. The van der Waals surface area contributed by atoms with Crippen molar-refractivity contribution in [3.05, 3.63) is 35.8 Å². The molecular weight excluding hydrogens is 174 g/mol. The van der Waals surface area contributed by atoms with Crippen LogP contribution < -0.4 is 5.73 Å². The molecule has 14 heavy (non-hydrogen) atoms. The van der Waals surface area contributed by atoms with E-state index >= 15 is 0 Å². The molecule has 1 aromatic rings. The summed E-state index contributed by atoms with van der Waals surface area (Å²) < 4.78 is 5.34. The highest BCUT2D eigenvalue weighted by molar-refractivity contribution is 5.22. The zero-order chi connectivity index (χ0) is 10.6. The van der Waals surface area contributed by atoms with Crippen LogP contribution in [0.4, 0.5) is 0 Å². The van der Waals surface area contributed by atoms with Gasteiger partial charge in [-0.3, -0.25) is 0 Å². The van der Waals surface area contributed by atoms with Gasteiger partial charge in [0.1, 0.15) is 5.76 Å². The Kier molecular flexibility index (Phi) is 3.96. The summed E-state index contributed by atoms with van der Waals surface area (Å²) in [6, 6.07) is 2.00. The van der Waals surface area contributed by atoms with Gasteiger partial charge in [-0.25, -0.2) is 0 Å². The van der Waals surface area contributed by atoms with E-state index in [1.807, 2.05) is 6.07 Å². The molecule has 0 aliphatic heterocycles. The lowest BCUT2D eigenvalue weighted by Gasteiger charge is -2.12. The van der Waals surface area contributed by atoms with Gasteiger partial charge in [0.2, 0.25) is 0 Å². The number of nitrogens with two attached hydrogens (primary N) is 1. The van der Waals surface area contributed by atoms with Crippen molar-refractivity contribution in [1.82, 2.24) is 0 Å². The fourth-order valence-corrected chi connectivity index (χ4v) is 1.53. The fourth-order valence-electron chi connectivity index (χ4n) is 1.53. The molecule has 0 saturated carbocycles. The van der Waals surface area contributed by atoms with Crippen LogP contribution in [0.3, 0.4) is 0 Å². The van der Waals surface area contributed by atoms with E-state index in [2.05, 4.69) is 20.4 Å². The first kappa shape index (κ1) is 11.1. The van der Waals surface area contributed by atoms with Crippen LogP contribution in [0.2, 0.25) is 0 Å². The smallest absolute Gasteiger partial charge is 0.108 e. The molecule has 2 N–H and O–H groups in total. The summed E-state index contributed by atoms with van der Waals surface area (Å²) >= 11 is 0. The summed E-state index contributed by atoms with van der Waals surface area (Å²) in [5, 5.41) is 0. The Bertz CT molecular complexity index is 301. The van der Waals surface area contributed by atoms with Crippen molar-refractivity contribution in [3.63, 3.8) is 0 Å². The van der Waals surface area contributed by atoms with Crippen LogP contribution in [-0.4, -0.2) is 0 Å². The Balaban J connectivity index is 2.68. The van der Waals surface area contributed by atoms with E-state index < -0.39 is 0 Å². The summed E-state index contributed by atoms with van der Waals surface area (Å²) in [7, 11) is 0. The summed E-state index contributed by atoms with van der Waals surface area (Å²) in [6.45, 7) is 8.14. The van der Waals surface area contributed by atoms with Crippen LogP contribution in [0.15, 0.2) is 28.9 Å². The predicted molar refractivity (Wildman–Crippen MR) is 59.1 cm³/mol. The van der Waals surface area contributed by atoms with E-state index in [0.717, 1.165) is 30.6 Å². The predicted octanol–water partition coefficient (Wildman–Crippen LogP) is 3.20. The first-order valence-electron chi connectivity index (χ1n) is 5.17. The molecule has 0 bridgehead atoms. The highest BCUT2D eigenvalue weighted by Gasteiger charge is 2.13. The van der Waals surface area contributed by atoms with Gasteiger partial charge >= 0.3 is 0 Å². The first-order chi connectivity index (χ1) is 6.69. The SMILES string of the molecule is C=C(CC)CC(N)c1ccoc1CC. The minimum Gasteiger partial charge on any atom is -0.469 e. The standard InChI is InChI=1S/C12H19NO/c1-4-9(3)8-11(13)10-6-7-14-12(10)5-2/h6-7,11H,3-5,8,13H2,1-2H3. The molecule has 0 aliphatic carbocycles. The molecular formula is C12H19NO. The van der Waals surface area contributed by atoms with Gasteiger partial charge in [-0.15, -0.1) is 0 Å². The van der Waals surface area contributed by atoms with Crippen molar-refractivity contribution >= 4 is 0 Å². The average molecular weight is 193 g/mol. The van der Waals surface area contributed by atoms with E-state index in [4.69, 9.17) is 10.2 Å². The molecule has 1 heterocycles. The highest BCUT2D eigenvalue weighted by atomic mass is 16.3. The summed E-state index contributed by atoms with van der Waals surface area (Å²) in [5.41, 5.74) is 8.39. The molecule has 1 aromatic heterocycles. The molecule has 2 nitrogen and oxygen atoms in total. The molecule has 0 aliphatic rings. The van der Waals surface area contributed by atoms with E-state index in [9.17, 15) is 0 Å². The maximum absolute atomic E-state index is 6.07. The lowest BCUT2D eigenvalue weighted by atomic mass is 9.99. The van der Waals surface area contributed by atoms with Crippen LogP contribution in [0.25, 0.3) is 0 Å². The molecule has 1 rings (SSSR count). The number of rotatable bonds is 5. The van der Waals surface area contributed by atoms with Crippen molar-refractivity contribution in [1.29, 1.82) is 0 Å². The molecule has 0 aromatic carbocycles. The molecule has 1 unspecified atom stereocenters. The van der Waals surface area contributed by atoms with Crippen molar-refractivity contribution in [2.75, 3.05) is 0 Å². The number of hydrogen-bond acceptors (Lipinski definition) is 2. The number of hydrogen-bond donors (Lipinski definition) is 1. The Morgan fingerprint density at radius 3 is 2.86 bits per heavy atom. The second kappa shape index (κ2) is 5.01. The van der Waals surface area contributed by atoms with Crippen LogP contribution in [0.1, 0.15) is 44.1 Å². The van der Waals surface area contributed by atoms with E-state index in [0.29, 0.717) is 0 Å². The van der Waals surface area contributed by atoms with E-state index in [1.54, 1.807) is 6.26 Å². The zero-order valence-electron chi connectivity index (χ0n) is 9.05. The monoisotopic (exact) mass is 193 g/mol. The van der Waals surface area contributed by atoms with Gasteiger partial charge in [0.05, 0.1) is 6.26 Å². The fraction of sp³-hybridized carbons (Fsp3) is 0.500. The van der Waals surface area contributed by atoms with Crippen molar-refractivity contribution in [2.24, 2.45) is 5.73 Å². The molecule has 0 saturated heterocycles. The van der Waals surface area contributed by atoms with Crippen LogP contribution in [0.5, 0.6) is 0 Å². The second-order valence-corrected chi connectivity index (χ2v) is 3.57. The van der Waals surface area contributed by atoms with Crippen LogP contribution in [-0.2, 0) is 6.42 Å². The van der Waals surface area contributed by atoms with Crippen LogP contribution >= 0.6 is 0 Å². The Labute approximate surface area is 85.8 Å². The summed E-state index contributed by atoms with van der Waals surface area (Å²) in [5.74, 6) is 1.00. The van der Waals surface area contributed by atoms with Crippen molar-refractivity contribution in [2.45, 2.75) is 39.2 Å². The normalized spacial score (nSPS) is 12.8. The van der Waals surface area contributed by atoms with Gasteiger partial charge in [0, 0.05) is 18.0 Å². The molecule has 0 spiro atoms. The lowest BCUT2D eigenvalue weighted by Crippen LogP contribution is -2.11. The first-order valence-corrected chi connectivity index (χ1v) is 5.17. The third-order valence-electron chi connectivity index (χ3n) is 2.51. The van der Waals surface area contributed by atoms with Crippen LogP contribution in [0, 0.1) is 0 Å². The van der Waals surface area contributed by atoms with Crippen molar-refractivity contribution in [3.8, 4) is 0 Å². The number of aryl methyl sites for hydroxylation is 1. The Hall–Kier alpha value is -1.02. The quantitative estimate of drug-likeness (QED) is 0.729. The molecule has 0 radical (unpaired) electrons. The number of furan rings is 1. The third-order valence-corrected chi connectivity index (χ3v) is 2.51. The van der Waals surface area contributed by atoms with E-state index in [1.165, 1.54) is 5.57 Å². The minimum atomic E-state index is 0.0381. The Morgan fingerprint density at radius 2 is 2.29 bits per heavy atom. The highest BCUT2D eigenvalue weighted by Crippen LogP contribution is 2.23. The van der Waals surface area contributed by atoms with Gasteiger partial charge in [-0.2, -0.15) is 0 Å². The Morgan fingerprint density at radius 1 is 1.57 bits per heavy atom. The molecule has 1 atom stereocenters. The molecule has 0 amide bonds. The second-order valence-electron chi connectivity index (χ2n) is 3.57. The van der Waals surface area contributed by atoms with Gasteiger partial charge in [0.25, 0.3) is 0 Å². The van der Waals surface area contributed by atoms with Crippen molar-refractivity contribution < 1.29 is 4.42 Å². The van der Waals surface area contributed by atoms with Gasteiger partial charge in [-0.1, -0.05) is 26.0 Å². The largest absolute Gasteiger partial charge is 0.469 e. The average Bonchev–Trinajstić information content (AvgIpc) is 2.65. The summed E-state index contributed by atoms with van der Waals surface area (Å²) in [4.78, 5) is 0. The molecule has 2 heteroatoms. The molecule has 78 valence electrons. The summed E-state index contributed by atoms with van der Waals surface area (Å²) in [6.07, 6.45) is 4.45. The van der Waals surface area contributed by atoms with E-state index in [-0.39, 0.29) is 6.04 Å². The maximum atomic E-state index is 6.07. The molecule has 0 fully saturated rings. The maximum Gasteiger partial charge on any atom is 0.108 e. The van der Waals surface area contributed by atoms with Gasteiger partial charge < -0.3 is 10.2 Å². The topological polar surface area (TPSA) is 39.2 Å². The van der Waals surface area contributed by atoms with Gasteiger partial charge in [-0.05, 0) is 18.9 Å². The third kappa shape index (κ3) is 2.48. The minimum absolute atomic E-state index is 0.0381.